The minimum Gasteiger partial charge on any atom is -0.496 e. The zero-order chi connectivity index (χ0) is 17.5. The van der Waals surface area contributed by atoms with Crippen LogP contribution in [0.3, 0.4) is 0 Å². The highest BCUT2D eigenvalue weighted by Gasteiger charge is 2.14. The number of nitrogens with zero attached hydrogens (tertiary/aromatic N) is 2. The number of benzene rings is 1. The van der Waals surface area contributed by atoms with E-state index >= 15 is 0 Å². The Kier molecular flexibility index (Phi) is 7.16. The number of carbonyl (C=O) groups excluding carboxylic acids is 2. The van der Waals surface area contributed by atoms with E-state index in [2.05, 4.69) is 21.0 Å². The van der Waals surface area contributed by atoms with E-state index < -0.39 is 5.91 Å². The number of aromatic nitrogens is 2. The second-order valence-corrected chi connectivity index (χ2v) is 7.86. The lowest BCUT2D eigenvalue weighted by atomic mass is 10.2. The number of ether oxygens (including phenoxy) is 1. The molecule has 0 atom stereocenters. The molecule has 7 nitrogen and oxygen atoms in total. The number of halogens is 1. The summed E-state index contributed by atoms with van der Waals surface area (Å²) in [5, 5.41) is 8.28. The second-order valence-electron chi connectivity index (χ2n) is 4.17. The van der Waals surface area contributed by atoms with Crippen molar-refractivity contribution >= 4 is 58.3 Å². The van der Waals surface area contributed by atoms with Gasteiger partial charge in [-0.05, 0) is 24.5 Å². The molecule has 2 aromatic rings. The minimum atomic E-state index is -0.520. The number of nitrogens with one attached hydrogen (secondary N) is 2. The number of hydrogen-bond donors (Lipinski definition) is 2. The maximum absolute atomic E-state index is 12.1. The average molecular weight is 405 g/mol. The lowest BCUT2D eigenvalue weighted by Gasteiger charge is -2.10. The molecule has 0 aliphatic heterocycles. The Labute approximate surface area is 155 Å². The van der Waals surface area contributed by atoms with Crippen molar-refractivity contribution < 1.29 is 14.3 Å². The van der Waals surface area contributed by atoms with Gasteiger partial charge in [0.05, 0.1) is 18.4 Å². The molecule has 0 aliphatic carbocycles. The van der Waals surface area contributed by atoms with Gasteiger partial charge in [-0.15, -0.1) is 10.2 Å². The molecule has 0 spiro atoms. The first-order chi connectivity index (χ1) is 11.5. The molecule has 1 aromatic heterocycles. The molecule has 128 valence electrons. The highest BCUT2D eigenvalue weighted by Crippen LogP contribution is 2.27. The summed E-state index contributed by atoms with van der Waals surface area (Å²) in [6, 6.07) is 4.65. The maximum atomic E-state index is 12.1. The first-order valence-corrected chi connectivity index (χ1v) is 9.87. The number of carbonyl (C=O) groups is 2. The third kappa shape index (κ3) is 5.26. The monoisotopic (exact) mass is 404 g/mol. The third-order valence-corrected chi connectivity index (χ3v) is 5.88. The molecular formula is C13H13ClN4O3S3. The Morgan fingerprint density at radius 2 is 2.04 bits per heavy atom. The fourth-order valence-electron chi connectivity index (χ4n) is 1.55. The zero-order valence-electron chi connectivity index (χ0n) is 12.7. The zero-order valence-corrected chi connectivity index (χ0v) is 15.9. The van der Waals surface area contributed by atoms with Crippen LogP contribution >= 0.6 is 46.5 Å². The molecule has 1 heterocycles. The Morgan fingerprint density at radius 3 is 2.71 bits per heavy atom. The molecule has 11 heteroatoms. The Bertz CT molecular complexity index is 741. The van der Waals surface area contributed by atoms with Crippen molar-refractivity contribution in [3.05, 3.63) is 28.8 Å². The molecule has 0 fully saturated rings. The molecule has 0 saturated carbocycles. The van der Waals surface area contributed by atoms with Crippen molar-refractivity contribution in [3.8, 4) is 5.75 Å². The summed E-state index contributed by atoms with van der Waals surface area (Å²) < 4.78 is 6.62. The quantitative estimate of drug-likeness (QED) is 0.564. The summed E-state index contributed by atoms with van der Waals surface area (Å²) in [4.78, 5) is 23.9. The van der Waals surface area contributed by atoms with Crippen LogP contribution < -0.4 is 15.6 Å². The smallest absolute Gasteiger partial charge is 0.273 e. The number of thioether (sulfide) groups is 2. The van der Waals surface area contributed by atoms with Crippen molar-refractivity contribution in [3.63, 3.8) is 0 Å². The maximum Gasteiger partial charge on any atom is 0.273 e. The van der Waals surface area contributed by atoms with E-state index in [9.17, 15) is 9.59 Å². The fourth-order valence-corrected chi connectivity index (χ4v) is 3.96. The van der Waals surface area contributed by atoms with E-state index in [0.717, 1.165) is 4.34 Å². The first-order valence-electron chi connectivity index (χ1n) is 6.46. The number of amides is 2. The lowest BCUT2D eigenvalue weighted by Crippen LogP contribution is -2.42. The van der Waals surface area contributed by atoms with Gasteiger partial charge in [0, 0.05) is 5.02 Å². The van der Waals surface area contributed by atoms with Gasteiger partial charge >= 0.3 is 0 Å². The van der Waals surface area contributed by atoms with Gasteiger partial charge < -0.3 is 4.74 Å². The van der Waals surface area contributed by atoms with Crippen molar-refractivity contribution in [1.29, 1.82) is 0 Å². The largest absolute Gasteiger partial charge is 0.496 e. The van der Waals surface area contributed by atoms with Crippen LogP contribution in [0.1, 0.15) is 10.4 Å². The van der Waals surface area contributed by atoms with Gasteiger partial charge in [-0.3, -0.25) is 20.4 Å². The summed E-state index contributed by atoms with van der Waals surface area (Å²) in [5.74, 6) is -0.418. The van der Waals surface area contributed by atoms with Crippen molar-refractivity contribution in [2.24, 2.45) is 0 Å². The van der Waals surface area contributed by atoms with Gasteiger partial charge in [0.2, 0.25) is 5.91 Å². The molecule has 2 amide bonds. The highest BCUT2D eigenvalue weighted by molar-refractivity contribution is 8.03. The van der Waals surface area contributed by atoms with Crippen LogP contribution in [0.25, 0.3) is 0 Å². The van der Waals surface area contributed by atoms with E-state index in [4.69, 9.17) is 16.3 Å². The average Bonchev–Trinajstić information content (AvgIpc) is 3.05. The molecule has 2 N–H and O–H groups in total. The molecule has 1 aromatic carbocycles. The van der Waals surface area contributed by atoms with E-state index in [0.29, 0.717) is 15.1 Å². The van der Waals surface area contributed by atoms with Gasteiger partial charge in [0.15, 0.2) is 8.68 Å². The second kappa shape index (κ2) is 9.11. The summed E-state index contributed by atoms with van der Waals surface area (Å²) in [5.41, 5.74) is 4.89. The summed E-state index contributed by atoms with van der Waals surface area (Å²) in [6.45, 7) is 0. The van der Waals surface area contributed by atoms with Crippen LogP contribution in [0.4, 0.5) is 0 Å². The Balaban J connectivity index is 1.85. The van der Waals surface area contributed by atoms with Gasteiger partial charge in [-0.1, -0.05) is 46.5 Å². The highest BCUT2D eigenvalue weighted by atomic mass is 35.5. The summed E-state index contributed by atoms with van der Waals surface area (Å²) in [7, 11) is 1.44. The molecule has 0 aliphatic rings. The van der Waals surface area contributed by atoms with Crippen LogP contribution in [-0.4, -0.2) is 41.1 Å². The van der Waals surface area contributed by atoms with Gasteiger partial charge in [-0.25, -0.2) is 0 Å². The van der Waals surface area contributed by atoms with Crippen LogP contribution in [0.5, 0.6) is 5.75 Å². The SMILES string of the molecule is COc1ccc(Cl)cc1C(=O)NNC(=O)CSc1nnc(SC)s1. The standard InChI is InChI=1S/C13H13ClN4O3S3/c1-21-9-4-3-7(14)5-8(9)11(20)16-15-10(19)6-23-13-18-17-12(22-2)24-13/h3-5H,6H2,1-2H3,(H,15,19)(H,16,20). The predicted molar refractivity (Wildman–Crippen MR) is 96.0 cm³/mol. The normalized spacial score (nSPS) is 10.3. The number of hydrazine groups is 1. The Hall–Kier alpha value is -1.49. The van der Waals surface area contributed by atoms with E-state index in [-0.39, 0.29) is 17.2 Å². The van der Waals surface area contributed by atoms with Crippen LogP contribution in [0.2, 0.25) is 5.02 Å². The molecular weight excluding hydrogens is 392 g/mol. The molecule has 0 radical (unpaired) electrons. The van der Waals surface area contributed by atoms with Crippen molar-refractivity contribution in [2.45, 2.75) is 8.68 Å². The van der Waals surface area contributed by atoms with E-state index in [1.165, 1.54) is 48.0 Å². The first kappa shape index (κ1) is 18.8. The van der Waals surface area contributed by atoms with Gasteiger partial charge in [0.1, 0.15) is 5.75 Å². The summed E-state index contributed by atoms with van der Waals surface area (Å²) in [6.07, 6.45) is 1.90. The fraction of sp³-hybridized carbons (Fsp3) is 0.231. The molecule has 0 unspecified atom stereocenters. The number of hydrogen-bond acceptors (Lipinski definition) is 8. The lowest BCUT2D eigenvalue weighted by molar-refractivity contribution is -0.119. The van der Waals surface area contributed by atoms with Gasteiger partial charge in [-0.2, -0.15) is 0 Å². The van der Waals surface area contributed by atoms with Crippen molar-refractivity contribution in [1.82, 2.24) is 21.0 Å². The molecule has 0 saturated heterocycles. The third-order valence-electron chi connectivity index (χ3n) is 2.61. The molecule has 2 rings (SSSR count). The van der Waals surface area contributed by atoms with Crippen LogP contribution in [0.15, 0.2) is 26.9 Å². The van der Waals surface area contributed by atoms with Crippen molar-refractivity contribution in [2.75, 3.05) is 19.1 Å². The Morgan fingerprint density at radius 1 is 1.29 bits per heavy atom. The van der Waals surface area contributed by atoms with Crippen LogP contribution in [-0.2, 0) is 4.79 Å². The number of rotatable bonds is 6. The molecule has 0 bridgehead atoms. The van der Waals surface area contributed by atoms with Crippen LogP contribution in [0, 0.1) is 0 Å². The van der Waals surface area contributed by atoms with E-state index in [1.807, 2.05) is 6.26 Å². The topological polar surface area (TPSA) is 93.2 Å². The predicted octanol–water partition coefficient (Wildman–Crippen LogP) is 2.48. The minimum absolute atomic E-state index is 0.107. The van der Waals surface area contributed by atoms with Gasteiger partial charge in [0.25, 0.3) is 5.91 Å². The number of methoxy groups -OCH3 is 1. The summed E-state index contributed by atoms with van der Waals surface area (Å²) >= 11 is 10.0. The molecule has 24 heavy (non-hydrogen) atoms. The van der Waals surface area contributed by atoms with E-state index in [1.54, 1.807) is 12.1 Å².